The fraction of sp³-hybridized carbons (Fsp3) is 1.00. The second kappa shape index (κ2) is 3.49. The van der Waals surface area contributed by atoms with Crippen molar-refractivity contribution < 1.29 is 18.9 Å². The van der Waals surface area contributed by atoms with E-state index >= 15 is 0 Å². The first-order valence-corrected chi connectivity index (χ1v) is 6.54. The van der Waals surface area contributed by atoms with E-state index in [1.807, 2.05) is 0 Å². The van der Waals surface area contributed by atoms with Crippen molar-refractivity contribution in [2.24, 2.45) is 0 Å². The van der Waals surface area contributed by atoms with Gasteiger partial charge in [-0.15, -0.1) is 0 Å². The van der Waals surface area contributed by atoms with E-state index in [2.05, 4.69) is 0 Å². The molecule has 1 saturated heterocycles. The number of hydrogen-bond acceptors (Lipinski definition) is 6. The second-order valence-corrected chi connectivity index (χ2v) is 7.00. The van der Waals surface area contributed by atoms with Gasteiger partial charge in [-0.2, -0.15) is 0 Å². The van der Waals surface area contributed by atoms with Crippen LogP contribution in [0.2, 0.25) is 0 Å². The molecule has 0 aliphatic carbocycles. The molecule has 0 aromatic carbocycles. The normalized spacial score (nSPS) is 37.2. The zero-order valence-electron chi connectivity index (χ0n) is 9.21. The summed E-state index contributed by atoms with van der Waals surface area (Å²) in [5, 5.41) is 21.9. The van der Waals surface area contributed by atoms with Crippen molar-refractivity contribution in [1.29, 1.82) is 0 Å². The summed E-state index contributed by atoms with van der Waals surface area (Å²) >= 11 is 0. The average molecular weight is 252 g/mol. The number of nitro groups is 2. The predicted molar refractivity (Wildman–Crippen MR) is 55.1 cm³/mol. The minimum absolute atomic E-state index is 0.402. The van der Waals surface area contributed by atoms with Crippen LogP contribution in [0.1, 0.15) is 13.8 Å². The Morgan fingerprint density at radius 2 is 1.44 bits per heavy atom. The van der Waals surface area contributed by atoms with Crippen LogP contribution in [0.25, 0.3) is 0 Å². The standard InChI is InChI=1S/C7H13N2O6P/c1-6(8(10)11)4-16(14,15-3)5-7(6,2)9(12)13/h4-5H2,1-3H3/t6-,7-/m0/s1. The summed E-state index contributed by atoms with van der Waals surface area (Å²) in [5.41, 5.74) is -3.72. The molecule has 9 heteroatoms. The van der Waals surface area contributed by atoms with Crippen LogP contribution < -0.4 is 0 Å². The largest absolute Gasteiger partial charge is 0.331 e. The maximum Gasteiger partial charge on any atom is 0.297 e. The highest BCUT2D eigenvalue weighted by molar-refractivity contribution is 7.59. The van der Waals surface area contributed by atoms with Crippen molar-refractivity contribution in [3.05, 3.63) is 20.2 Å². The lowest BCUT2D eigenvalue weighted by Gasteiger charge is -2.24. The molecule has 0 amide bonds. The van der Waals surface area contributed by atoms with Gasteiger partial charge in [-0.25, -0.2) is 0 Å². The van der Waals surface area contributed by atoms with E-state index in [1.165, 1.54) is 0 Å². The number of nitrogens with zero attached hydrogens (tertiary/aromatic N) is 2. The lowest BCUT2D eigenvalue weighted by atomic mass is 9.84. The van der Waals surface area contributed by atoms with E-state index in [0.29, 0.717) is 0 Å². The molecule has 0 spiro atoms. The first-order valence-electron chi connectivity index (χ1n) is 4.54. The van der Waals surface area contributed by atoms with Crippen LogP contribution in [0.4, 0.5) is 0 Å². The van der Waals surface area contributed by atoms with Gasteiger partial charge in [0.2, 0.25) is 7.37 Å². The predicted octanol–water partition coefficient (Wildman–Crippen LogP) is 0.995. The zero-order valence-corrected chi connectivity index (χ0v) is 10.1. The molecule has 92 valence electrons. The van der Waals surface area contributed by atoms with Crippen molar-refractivity contribution >= 4 is 7.37 Å². The summed E-state index contributed by atoms with van der Waals surface area (Å²) in [5.74, 6) is 0. The molecule has 2 atom stereocenters. The van der Waals surface area contributed by atoms with Gasteiger partial charge in [0.05, 0.1) is 0 Å². The molecule has 1 fully saturated rings. The molecule has 0 aromatic heterocycles. The second-order valence-electron chi connectivity index (χ2n) is 4.38. The van der Waals surface area contributed by atoms with Crippen LogP contribution in [0.5, 0.6) is 0 Å². The summed E-state index contributed by atoms with van der Waals surface area (Å²) in [6.07, 6.45) is -0.804. The van der Waals surface area contributed by atoms with Crippen molar-refractivity contribution in [1.82, 2.24) is 0 Å². The third-order valence-corrected chi connectivity index (χ3v) is 6.26. The maximum atomic E-state index is 12.0. The van der Waals surface area contributed by atoms with E-state index in [-0.39, 0.29) is 0 Å². The molecule has 1 heterocycles. The Labute approximate surface area is 91.7 Å². The Bertz CT molecular complexity index is 366. The van der Waals surface area contributed by atoms with Gasteiger partial charge in [0.25, 0.3) is 11.1 Å². The number of hydrogen-bond donors (Lipinski definition) is 0. The Hall–Kier alpha value is -1.01. The molecule has 0 bridgehead atoms. The van der Waals surface area contributed by atoms with Gasteiger partial charge in [0.1, 0.15) is 12.3 Å². The molecule has 0 aromatic rings. The molecule has 0 radical (unpaired) electrons. The van der Waals surface area contributed by atoms with Crippen LogP contribution in [0.15, 0.2) is 0 Å². The van der Waals surface area contributed by atoms with E-state index < -0.39 is 40.6 Å². The molecule has 8 nitrogen and oxygen atoms in total. The molecular weight excluding hydrogens is 239 g/mol. The van der Waals surface area contributed by atoms with Gasteiger partial charge in [-0.1, -0.05) is 0 Å². The molecule has 0 N–H and O–H groups in total. The highest BCUT2D eigenvalue weighted by atomic mass is 31.2. The summed E-state index contributed by atoms with van der Waals surface area (Å²) in [6, 6.07) is 0. The quantitative estimate of drug-likeness (QED) is 0.420. The minimum atomic E-state index is -3.29. The highest BCUT2D eigenvalue weighted by Crippen LogP contribution is 2.61. The lowest BCUT2D eigenvalue weighted by molar-refractivity contribution is -0.668. The molecule has 0 saturated carbocycles. The van der Waals surface area contributed by atoms with Crippen LogP contribution in [0.3, 0.4) is 0 Å². The molecule has 0 unspecified atom stereocenters. The molecule has 1 aliphatic heterocycles. The molecule has 1 aliphatic rings. The molecule has 16 heavy (non-hydrogen) atoms. The highest BCUT2D eigenvalue weighted by Gasteiger charge is 2.74. The zero-order chi connectivity index (χ0) is 12.8. The van der Waals surface area contributed by atoms with Gasteiger partial charge in [0.15, 0.2) is 0 Å². The SMILES string of the molecule is COP1(=O)C[C@](C)([N+](=O)[O-])[C@@](C)([N+](=O)[O-])C1. The van der Waals surface area contributed by atoms with E-state index in [1.54, 1.807) is 0 Å². The Morgan fingerprint density at radius 1 is 1.12 bits per heavy atom. The summed E-state index contributed by atoms with van der Waals surface area (Å²) in [6.45, 7) is 2.29. The average Bonchev–Trinajstić information content (AvgIpc) is 2.38. The molecule has 1 rings (SSSR count). The minimum Gasteiger partial charge on any atom is -0.331 e. The van der Waals surface area contributed by atoms with Gasteiger partial charge in [0, 0.05) is 30.8 Å². The van der Waals surface area contributed by atoms with Crippen LogP contribution in [-0.4, -0.2) is 40.4 Å². The van der Waals surface area contributed by atoms with Crippen molar-refractivity contribution in [3.8, 4) is 0 Å². The van der Waals surface area contributed by atoms with Crippen LogP contribution >= 0.6 is 7.37 Å². The Kier molecular flexibility index (Phi) is 2.85. The van der Waals surface area contributed by atoms with Crippen molar-refractivity contribution in [2.75, 3.05) is 19.4 Å². The summed E-state index contributed by atoms with van der Waals surface area (Å²) < 4.78 is 16.7. The monoisotopic (exact) mass is 252 g/mol. The Balaban J connectivity index is 3.32. The fourth-order valence-corrected chi connectivity index (χ4v) is 5.13. The smallest absolute Gasteiger partial charge is 0.297 e. The van der Waals surface area contributed by atoms with Gasteiger partial charge < -0.3 is 4.52 Å². The van der Waals surface area contributed by atoms with Crippen molar-refractivity contribution in [3.63, 3.8) is 0 Å². The number of rotatable bonds is 3. The van der Waals surface area contributed by atoms with Gasteiger partial charge in [-0.3, -0.25) is 24.8 Å². The third-order valence-electron chi connectivity index (χ3n) is 3.40. The summed E-state index contributed by atoms with van der Waals surface area (Å²) in [7, 11) is -2.13. The third kappa shape index (κ3) is 1.53. The Morgan fingerprint density at radius 3 is 1.62 bits per heavy atom. The van der Waals surface area contributed by atoms with Crippen LogP contribution in [0, 0.1) is 20.2 Å². The summed E-state index contributed by atoms with van der Waals surface area (Å²) in [4.78, 5) is 20.5. The lowest BCUT2D eigenvalue weighted by Crippen LogP contribution is -2.59. The maximum absolute atomic E-state index is 12.0. The topological polar surface area (TPSA) is 113 Å². The first-order chi connectivity index (χ1) is 7.11. The van der Waals surface area contributed by atoms with Crippen LogP contribution in [-0.2, 0) is 9.09 Å². The van der Waals surface area contributed by atoms with Gasteiger partial charge >= 0.3 is 0 Å². The first kappa shape index (κ1) is 13.1. The van der Waals surface area contributed by atoms with E-state index in [4.69, 9.17) is 4.52 Å². The fourth-order valence-electron chi connectivity index (χ4n) is 1.97. The van der Waals surface area contributed by atoms with E-state index in [9.17, 15) is 24.8 Å². The van der Waals surface area contributed by atoms with Gasteiger partial charge in [-0.05, 0) is 0 Å². The van der Waals surface area contributed by atoms with E-state index in [0.717, 1.165) is 21.0 Å². The van der Waals surface area contributed by atoms with Crippen molar-refractivity contribution in [2.45, 2.75) is 24.9 Å². The molecular formula is C7H13N2O6P.